The van der Waals surface area contributed by atoms with Gasteiger partial charge in [-0.25, -0.2) is 4.79 Å². The van der Waals surface area contributed by atoms with Crippen LogP contribution in [0.15, 0.2) is 84.9 Å². The van der Waals surface area contributed by atoms with Gasteiger partial charge in [-0.1, -0.05) is 84.9 Å². The highest BCUT2D eigenvalue weighted by molar-refractivity contribution is 6.16. The Bertz CT molecular complexity index is 1210. The van der Waals surface area contributed by atoms with E-state index in [0.29, 0.717) is 13.1 Å². The normalized spacial score (nSPS) is 18.7. The summed E-state index contributed by atoms with van der Waals surface area (Å²) in [6.45, 7) is 3.00. The number of rotatable bonds is 5. The lowest BCUT2D eigenvalue weighted by Crippen LogP contribution is -2.50. The highest BCUT2D eigenvalue weighted by Crippen LogP contribution is 2.31. The second kappa shape index (κ2) is 9.14. The first kappa shape index (κ1) is 21.9. The van der Waals surface area contributed by atoms with Gasteiger partial charge in [0.05, 0.1) is 6.04 Å². The van der Waals surface area contributed by atoms with Crippen molar-refractivity contribution in [3.63, 3.8) is 0 Å². The molecule has 4 amide bonds. The quantitative estimate of drug-likeness (QED) is 0.430. The molecule has 2 aliphatic heterocycles. The molecule has 172 valence electrons. The first-order valence-corrected chi connectivity index (χ1v) is 11.6. The van der Waals surface area contributed by atoms with E-state index in [-0.39, 0.29) is 12.5 Å². The molecule has 0 aliphatic carbocycles. The Morgan fingerprint density at radius 2 is 1.50 bits per heavy atom. The van der Waals surface area contributed by atoms with Crippen LogP contribution in [0.5, 0.6) is 0 Å². The number of carbonyl (C=O) groups excluding carboxylic acids is 3. The lowest BCUT2D eigenvalue weighted by Gasteiger charge is -2.32. The van der Waals surface area contributed by atoms with Gasteiger partial charge in [0.2, 0.25) is 0 Å². The third kappa shape index (κ3) is 3.96. The summed E-state index contributed by atoms with van der Waals surface area (Å²) in [5, 5.41) is 0. The van der Waals surface area contributed by atoms with Gasteiger partial charge in [0.15, 0.2) is 6.04 Å². The van der Waals surface area contributed by atoms with Crippen LogP contribution in [-0.2, 0) is 29.1 Å². The Balaban J connectivity index is 1.47. The second-order valence-electron chi connectivity index (χ2n) is 8.87. The highest BCUT2D eigenvalue weighted by Gasteiger charge is 2.52. The van der Waals surface area contributed by atoms with Crippen molar-refractivity contribution in [2.45, 2.75) is 38.5 Å². The molecule has 6 nitrogen and oxygen atoms in total. The second-order valence-corrected chi connectivity index (χ2v) is 8.87. The maximum atomic E-state index is 13.8. The third-order valence-electron chi connectivity index (χ3n) is 6.78. The van der Waals surface area contributed by atoms with Crippen molar-refractivity contribution in [3.05, 3.63) is 107 Å². The topological polar surface area (TPSA) is 60.9 Å². The van der Waals surface area contributed by atoms with Crippen molar-refractivity contribution in [2.24, 2.45) is 0 Å². The zero-order valence-corrected chi connectivity index (χ0v) is 19.1. The van der Waals surface area contributed by atoms with Crippen LogP contribution in [0.4, 0.5) is 4.79 Å². The molecule has 0 N–H and O–H groups in total. The molecule has 2 heterocycles. The van der Waals surface area contributed by atoms with E-state index >= 15 is 0 Å². The first-order chi connectivity index (χ1) is 16.5. The van der Waals surface area contributed by atoms with Gasteiger partial charge >= 0.3 is 6.03 Å². The molecule has 0 saturated carbocycles. The van der Waals surface area contributed by atoms with Gasteiger partial charge in [-0.3, -0.25) is 19.4 Å². The fourth-order valence-corrected chi connectivity index (χ4v) is 4.88. The van der Waals surface area contributed by atoms with Gasteiger partial charge in [-0.2, -0.15) is 0 Å². The molecule has 0 aromatic heterocycles. The summed E-state index contributed by atoms with van der Waals surface area (Å²) in [6, 6.07) is 24.9. The molecule has 1 saturated heterocycles. The molecular weight excluding hydrogens is 426 g/mol. The van der Waals surface area contributed by atoms with Gasteiger partial charge in [0, 0.05) is 19.6 Å². The Labute approximate surface area is 199 Å². The highest BCUT2D eigenvalue weighted by atomic mass is 16.2. The van der Waals surface area contributed by atoms with E-state index in [1.807, 2.05) is 85.8 Å². The molecule has 5 rings (SSSR count). The van der Waals surface area contributed by atoms with Crippen molar-refractivity contribution < 1.29 is 14.4 Å². The number of carbonyl (C=O) groups is 3. The molecule has 0 bridgehead atoms. The first-order valence-electron chi connectivity index (χ1n) is 11.6. The van der Waals surface area contributed by atoms with E-state index in [4.69, 9.17) is 0 Å². The summed E-state index contributed by atoms with van der Waals surface area (Å²) in [4.78, 5) is 45.4. The van der Waals surface area contributed by atoms with E-state index in [2.05, 4.69) is 6.07 Å². The number of benzene rings is 3. The van der Waals surface area contributed by atoms with Crippen LogP contribution in [-0.4, -0.2) is 45.1 Å². The maximum Gasteiger partial charge on any atom is 0.328 e. The zero-order chi connectivity index (χ0) is 23.7. The van der Waals surface area contributed by atoms with Gasteiger partial charge in [-0.05, 0) is 35.6 Å². The van der Waals surface area contributed by atoms with E-state index in [1.54, 1.807) is 4.90 Å². The third-order valence-corrected chi connectivity index (χ3v) is 6.78. The average Bonchev–Trinajstić information content (AvgIpc) is 3.12. The van der Waals surface area contributed by atoms with Gasteiger partial charge in [0.25, 0.3) is 11.8 Å². The monoisotopic (exact) mass is 453 g/mol. The van der Waals surface area contributed by atoms with Crippen LogP contribution < -0.4 is 0 Å². The van der Waals surface area contributed by atoms with E-state index in [0.717, 1.165) is 23.1 Å². The Hall–Kier alpha value is -3.93. The number of fused-ring (bicyclic) bond motifs is 1. The van der Waals surface area contributed by atoms with Crippen LogP contribution in [0.25, 0.3) is 0 Å². The van der Waals surface area contributed by atoms with Gasteiger partial charge in [-0.15, -0.1) is 0 Å². The van der Waals surface area contributed by atoms with Crippen LogP contribution in [0.1, 0.15) is 35.2 Å². The lowest BCUT2D eigenvalue weighted by molar-refractivity contribution is -0.143. The predicted molar refractivity (Wildman–Crippen MR) is 128 cm³/mol. The SMILES string of the molecule is C[C@H](c1ccccc1)N1C(=O)[C@@H](C(=O)N2CCc3ccccc3C2)N(Cc2ccccc2)C1=O. The Kier molecular flexibility index (Phi) is 5.88. The number of amides is 4. The van der Waals surface area contributed by atoms with Crippen molar-refractivity contribution in [1.82, 2.24) is 14.7 Å². The van der Waals surface area contributed by atoms with Crippen LogP contribution in [0, 0.1) is 0 Å². The minimum absolute atomic E-state index is 0.199. The number of imide groups is 1. The van der Waals surface area contributed by atoms with Crippen LogP contribution in [0.2, 0.25) is 0 Å². The molecule has 6 heteroatoms. The Morgan fingerprint density at radius 1 is 0.882 bits per heavy atom. The summed E-state index contributed by atoms with van der Waals surface area (Å²) in [5.74, 6) is -0.771. The molecule has 1 fully saturated rings. The smallest absolute Gasteiger partial charge is 0.328 e. The minimum Gasteiger partial charge on any atom is -0.336 e. The largest absolute Gasteiger partial charge is 0.336 e. The molecule has 2 atom stereocenters. The molecule has 34 heavy (non-hydrogen) atoms. The molecule has 0 radical (unpaired) electrons. The van der Waals surface area contributed by atoms with Crippen molar-refractivity contribution in [3.8, 4) is 0 Å². The number of urea groups is 1. The van der Waals surface area contributed by atoms with Gasteiger partial charge in [0.1, 0.15) is 0 Å². The molecule has 3 aromatic carbocycles. The summed E-state index contributed by atoms with van der Waals surface area (Å²) >= 11 is 0. The maximum absolute atomic E-state index is 13.8. The van der Waals surface area contributed by atoms with E-state index < -0.39 is 24.0 Å². The van der Waals surface area contributed by atoms with Crippen molar-refractivity contribution in [1.29, 1.82) is 0 Å². The lowest BCUT2D eigenvalue weighted by atomic mass is 9.99. The number of nitrogens with zero attached hydrogens (tertiary/aromatic N) is 3. The molecule has 0 spiro atoms. The molecule has 0 unspecified atom stereocenters. The minimum atomic E-state index is -1.16. The predicted octanol–water partition coefficient (Wildman–Crippen LogP) is 4.17. The fourth-order valence-electron chi connectivity index (χ4n) is 4.88. The summed E-state index contributed by atoms with van der Waals surface area (Å²) in [5.41, 5.74) is 4.03. The van der Waals surface area contributed by atoms with Crippen LogP contribution in [0.3, 0.4) is 0 Å². The number of hydrogen-bond acceptors (Lipinski definition) is 3. The fraction of sp³-hybridized carbons (Fsp3) is 0.250. The summed E-state index contributed by atoms with van der Waals surface area (Å²) < 4.78 is 0. The van der Waals surface area contributed by atoms with Crippen molar-refractivity contribution in [2.75, 3.05) is 6.54 Å². The molecule has 3 aromatic rings. The summed E-state index contributed by atoms with van der Waals surface area (Å²) in [6.07, 6.45) is 0.736. The van der Waals surface area contributed by atoms with Crippen molar-refractivity contribution >= 4 is 17.8 Å². The molecular formula is C28H27N3O3. The zero-order valence-electron chi connectivity index (χ0n) is 19.1. The van der Waals surface area contributed by atoms with Crippen LogP contribution >= 0.6 is 0 Å². The average molecular weight is 454 g/mol. The molecule has 2 aliphatic rings. The summed E-state index contributed by atoms with van der Waals surface area (Å²) in [7, 11) is 0. The van der Waals surface area contributed by atoms with E-state index in [9.17, 15) is 14.4 Å². The van der Waals surface area contributed by atoms with E-state index in [1.165, 1.54) is 15.4 Å². The Morgan fingerprint density at radius 3 is 2.21 bits per heavy atom. The standard InChI is InChI=1S/C28H27N3O3/c1-20(22-12-6-3-7-13-22)31-27(33)25(30(28(31)34)18-21-10-4-2-5-11-21)26(32)29-17-16-23-14-8-9-15-24(23)19-29/h2-15,20,25H,16-19H2,1H3/t20-,25-/m1/s1. The van der Waals surface area contributed by atoms with Gasteiger partial charge < -0.3 is 4.90 Å². The number of hydrogen-bond donors (Lipinski definition) is 0.